The topological polar surface area (TPSA) is 32.3 Å². The molecule has 0 radical (unpaired) electrons. The van der Waals surface area contributed by atoms with Gasteiger partial charge in [0, 0.05) is 12.1 Å². The first-order chi connectivity index (χ1) is 8.06. The van der Waals surface area contributed by atoms with Crippen LogP contribution in [0.5, 0.6) is 0 Å². The van der Waals surface area contributed by atoms with Gasteiger partial charge < -0.3 is 10.4 Å². The summed E-state index contributed by atoms with van der Waals surface area (Å²) >= 11 is 0. The minimum atomic E-state index is -0.0839. The van der Waals surface area contributed by atoms with Crippen LogP contribution in [0, 0.1) is 17.8 Å². The van der Waals surface area contributed by atoms with Crippen LogP contribution in [0.3, 0.4) is 0 Å². The summed E-state index contributed by atoms with van der Waals surface area (Å²) in [5, 5.41) is 13.8. The lowest BCUT2D eigenvalue weighted by Gasteiger charge is -2.39. The number of hydrogen-bond donors (Lipinski definition) is 2. The van der Waals surface area contributed by atoms with Crippen molar-refractivity contribution in [2.24, 2.45) is 17.8 Å². The summed E-state index contributed by atoms with van der Waals surface area (Å²) in [6.45, 7) is 6.76. The van der Waals surface area contributed by atoms with Gasteiger partial charge in [0.25, 0.3) is 0 Å². The van der Waals surface area contributed by atoms with Crippen molar-refractivity contribution in [1.29, 1.82) is 0 Å². The van der Waals surface area contributed by atoms with E-state index in [-0.39, 0.29) is 6.10 Å². The van der Waals surface area contributed by atoms with E-state index in [1.807, 2.05) is 0 Å². The highest BCUT2D eigenvalue weighted by Gasteiger charge is 2.32. The highest BCUT2D eigenvalue weighted by Crippen LogP contribution is 2.31. The molecule has 0 heterocycles. The molecule has 2 rings (SSSR count). The van der Waals surface area contributed by atoms with E-state index in [1.54, 1.807) is 0 Å². The summed E-state index contributed by atoms with van der Waals surface area (Å²) in [6, 6.07) is 1.38. The number of hydrogen-bond acceptors (Lipinski definition) is 2. The SMILES string of the molecule is CC1CCC(NC2CC(C)C(O)C(C)C2)CC1. The Morgan fingerprint density at radius 1 is 0.824 bits per heavy atom. The van der Waals surface area contributed by atoms with Gasteiger partial charge in [-0.25, -0.2) is 0 Å². The van der Waals surface area contributed by atoms with Gasteiger partial charge in [0.15, 0.2) is 0 Å². The summed E-state index contributed by atoms with van der Waals surface area (Å²) in [7, 11) is 0. The van der Waals surface area contributed by atoms with E-state index in [0.29, 0.717) is 17.9 Å². The molecule has 2 heteroatoms. The van der Waals surface area contributed by atoms with Crippen LogP contribution in [0.4, 0.5) is 0 Å². The third-order valence-electron chi connectivity index (χ3n) is 4.97. The molecule has 0 amide bonds. The van der Waals surface area contributed by atoms with E-state index >= 15 is 0 Å². The van der Waals surface area contributed by atoms with Gasteiger partial charge in [-0.15, -0.1) is 0 Å². The Bertz CT molecular complexity index is 223. The summed E-state index contributed by atoms with van der Waals surface area (Å²) in [6.07, 6.45) is 7.69. The molecule has 2 saturated carbocycles. The van der Waals surface area contributed by atoms with E-state index in [9.17, 15) is 5.11 Å². The second kappa shape index (κ2) is 5.71. The molecule has 0 spiro atoms. The predicted octanol–water partition coefficient (Wildman–Crippen LogP) is 2.95. The molecule has 2 unspecified atom stereocenters. The van der Waals surface area contributed by atoms with E-state index in [4.69, 9.17) is 0 Å². The summed E-state index contributed by atoms with van der Waals surface area (Å²) in [4.78, 5) is 0. The Kier molecular flexibility index (Phi) is 4.48. The lowest BCUT2D eigenvalue weighted by molar-refractivity contribution is 0.0175. The summed E-state index contributed by atoms with van der Waals surface area (Å²) < 4.78 is 0. The largest absolute Gasteiger partial charge is 0.393 e. The van der Waals surface area contributed by atoms with Crippen molar-refractivity contribution < 1.29 is 5.11 Å². The molecule has 2 N–H and O–H groups in total. The van der Waals surface area contributed by atoms with Crippen LogP contribution in [-0.4, -0.2) is 23.3 Å². The van der Waals surface area contributed by atoms with Crippen molar-refractivity contribution in [3.05, 3.63) is 0 Å². The molecule has 0 aliphatic heterocycles. The first kappa shape index (κ1) is 13.4. The highest BCUT2D eigenvalue weighted by molar-refractivity contribution is 4.88. The van der Waals surface area contributed by atoms with Gasteiger partial charge in [-0.2, -0.15) is 0 Å². The van der Waals surface area contributed by atoms with Crippen molar-refractivity contribution in [2.75, 3.05) is 0 Å². The molecule has 2 nitrogen and oxygen atoms in total. The lowest BCUT2D eigenvalue weighted by atomic mass is 9.77. The number of aliphatic hydroxyl groups is 1. The maximum Gasteiger partial charge on any atom is 0.0592 e. The Balaban J connectivity index is 1.79. The second-order valence-electron chi connectivity index (χ2n) is 6.74. The molecule has 17 heavy (non-hydrogen) atoms. The van der Waals surface area contributed by atoms with E-state index in [0.717, 1.165) is 24.8 Å². The van der Waals surface area contributed by atoms with Crippen LogP contribution in [-0.2, 0) is 0 Å². The molecule has 2 aliphatic carbocycles. The average molecular weight is 239 g/mol. The smallest absolute Gasteiger partial charge is 0.0592 e. The number of nitrogens with one attached hydrogen (secondary N) is 1. The Morgan fingerprint density at radius 2 is 1.35 bits per heavy atom. The monoisotopic (exact) mass is 239 g/mol. The minimum absolute atomic E-state index is 0.0839. The third-order valence-corrected chi connectivity index (χ3v) is 4.97. The zero-order chi connectivity index (χ0) is 12.4. The molecule has 0 aromatic heterocycles. The third kappa shape index (κ3) is 3.45. The zero-order valence-corrected chi connectivity index (χ0v) is 11.7. The molecule has 2 atom stereocenters. The first-order valence-electron chi connectivity index (χ1n) is 7.50. The van der Waals surface area contributed by atoms with Crippen LogP contribution >= 0.6 is 0 Å². The molecule has 2 aliphatic rings. The molecule has 100 valence electrons. The minimum Gasteiger partial charge on any atom is -0.393 e. The van der Waals surface area contributed by atoms with Crippen molar-refractivity contribution in [2.45, 2.75) is 77.5 Å². The fourth-order valence-electron chi connectivity index (χ4n) is 3.73. The van der Waals surface area contributed by atoms with Crippen molar-refractivity contribution in [3.63, 3.8) is 0 Å². The molecular weight excluding hydrogens is 210 g/mol. The van der Waals surface area contributed by atoms with Crippen LogP contribution in [0.2, 0.25) is 0 Å². The van der Waals surface area contributed by atoms with E-state index in [2.05, 4.69) is 26.1 Å². The van der Waals surface area contributed by atoms with Gasteiger partial charge in [-0.3, -0.25) is 0 Å². The summed E-state index contributed by atoms with van der Waals surface area (Å²) in [5.74, 6) is 1.84. The van der Waals surface area contributed by atoms with E-state index < -0.39 is 0 Å². The highest BCUT2D eigenvalue weighted by atomic mass is 16.3. The van der Waals surface area contributed by atoms with Crippen molar-refractivity contribution in [3.8, 4) is 0 Å². The van der Waals surface area contributed by atoms with Gasteiger partial charge in [-0.05, 0) is 56.3 Å². The Labute approximate surface area is 106 Å². The molecule has 2 fully saturated rings. The molecule has 0 aromatic rings. The van der Waals surface area contributed by atoms with Gasteiger partial charge in [-0.1, -0.05) is 20.8 Å². The Morgan fingerprint density at radius 3 is 1.88 bits per heavy atom. The van der Waals surface area contributed by atoms with Crippen molar-refractivity contribution >= 4 is 0 Å². The number of rotatable bonds is 2. The Hall–Kier alpha value is -0.0800. The molecule has 0 aromatic carbocycles. The standard InChI is InChI=1S/C15H29NO/c1-10-4-6-13(7-5-10)16-14-8-11(2)15(17)12(3)9-14/h10-17H,4-9H2,1-3H3. The normalized spacial score (nSPS) is 48.0. The van der Waals surface area contributed by atoms with Crippen LogP contribution < -0.4 is 5.32 Å². The van der Waals surface area contributed by atoms with Crippen molar-refractivity contribution in [1.82, 2.24) is 5.32 Å². The zero-order valence-electron chi connectivity index (χ0n) is 11.7. The quantitative estimate of drug-likeness (QED) is 0.776. The van der Waals surface area contributed by atoms with Crippen LogP contribution in [0.25, 0.3) is 0 Å². The summed E-state index contributed by atoms with van der Waals surface area (Å²) in [5.41, 5.74) is 0. The van der Waals surface area contributed by atoms with Gasteiger partial charge >= 0.3 is 0 Å². The molecule has 0 saturated heterocycles. The maximum atomic E-state index is 9.98. The fraction of sp³-hybridized carbons (Fsp3) is 1.00. The maximum absolute atomic E-state index is 9.98. The van der Waals surface area contributed by atoms with Gasteiger partial charge in [0.05, 0.1) is 6.10 Å². The number of aliphatic hydroxyl groups excluding tert-OH is 1. The lowest BCUT2D eigenvalue weighted by Crippen LogP contribution is -2.47. The second-order valence-corrected chi connectivity index (χ2v) is 6.74. The molecule has 0 bridgehead atoms. The van der Waals surface area contributed by atoms with Gasteiger partial charge in [0.1, 0.15) is 0 Å². The first-order valence-corrected chi connectivity index (χ1v) is 7.50. The van der Waals surface area contributed by atoms with Crippen LogP contribution in [0.1, 0.15) is 59.3 Å². The van der Waals surface area contributed by atoms with Crippen LogP contribution in [0.15, 0.2) is 0 Å². The van der Waals surface area contributed by atoms with Gasteiger partial charge in [0.2, 0.25) is 0 Å². The fourth-order valence-corrected chi connectivity index (χ4v) is 3.73. The predicted molar refractivity (Wildman–Crippen MR) is 71.9 cm³/mol. The van der Waals surface area contributed by atoms with E-state index in [1.165, 1.54) is 25.7 Å². The average Bonchev–Trinajstić information content (AvgIpc) is 2.29. The molecular formula is C15H29NO.